The smallest absolute Gasteiger partial charge is 0.355 e. The van der Waals surface area contributed by atoms with Gasteiger partial charge in [0.1, 0.15) is 5.82 Å². The largest absolute Gasteiger partial charge is 0.417 e. The molecule has 1 aliphatic rings. The molecule has 1 aliphatic heterocycles. The second kappa shape index (κ2) is 6.03. The maximum Gasteiger partial charge on any atom is 0.417 e. The first-order valence-corrected chi connectivity index (χ1v) is 7.69. The zero-order chi connectivity index (χ0) is 16.6. The fourth-order valence-corrected chi connectivity index (χ4v) is 3.28. The first kappa shape index (κ1) is 16.1. The third-order valence-electron chi connectivity index (χ3n) is 4.22. The molecule has 0 N–H and O–H groups in total. The Kier molecular flexibility index (Phi) is 4.23. The second-order valence-electron chi connectivity index (χ2n) is 5.67. The van der Waals surface area contributed by atoms with E-state index in [4.69, 9.17) is 11.6 Å². The van der Waals surface area contributed by atoms with Crippen LogP contribution in [0.3, 0.4) is 0 Å². The summed E-state index contributed by atoms with van der Waals surface area (Å²) in [6, 6.07) is 2.95. The van der Waals surface area contributed by atoms with Gasteiger partial charge in [0.15, 0.2) is 0 Å². The molecule has 0 saturated carbocycles. The molecule has 2 aromatic heterocycles. The van der Waals surface area contributed by atoms with E-state index in [9.17, 15) is 13.2 Å². The minimum Gasteiger partial charge on any atom is -0.355 e. The summed E-state index contributed by atoms with van der Waals surface area (Å²) in [5.74, 6) is 0.815. The summed E-state index contributed by atoms with van der Waals surface area (Å²) in [5.41, 5.74) is 0.354. The molecule has 0 amide bonds. The maximum absolute atomic E-state index is 12.7. The molecule has 3 rings (SSSR count). The van der Waals surface area contributed by atoms with Crippen molar-refractivity contribution >= 4 is 17.4 Å². The lowest BCUT2D eigenvalue weighted by molar-refractivity contribution is -0.137. The van der Waals surface area contributed by atoms with Crippen LogP contribution >= 0.6 is 11.6 Å². The van der Waals surface area contributed by atoms with Gasteiger partial charge in [0, 0.05) is 44.1 Å². The van der Waals surface area contributed by atoms with Crippen molar-refractivity contribution in [3.63, 3.8) is 0 Å². The SMILES string of the molecule is Cn1nccc1C1CCN(c2ncc(C(F)(F)F)cc2Cl)CC1. The van der Waals surface area contributed by atoms with Crippen LogP contribution in [-0.4, -0.2) is 27.9 Å². The minimum atomic E-state index is -4.43. The van der Waals surface area contributed by atoms with Crippen molar-refractivity contribution in [2.24, 2.45) is 7.05 Å². The predicted molar refractivity (Wildman–Crippen MR) is 81.6 cm³/mol. The highest BCUT2D eigenvalue weighted by molar-refractivity contribution is 6.33. The minimum absolute atomic E-state index is 0.0406. The van der Waals surface area contributed by atoms with Gasteiger partial charge in [-0.15, -0.1) is 0 Å². The molecule has 0 radical (unpaired) electrons. The average Bonchev–Trinajstić information content (AvgIpc) is 2.93. The van der Waals surface area contributed by atoms with Crippen LogP contribution in [0.15, 0.2) is 24.5 Å². The van der Waals surface area contributed by atoms with Crippen LogP contribution in [0, 0.1) is 0 Å². The van der Waals surface area contributed by atoms with Crippen molar-refractivity contribution < 1.29 is 13.2 Å². The van der Waals surface area contributed by atoms with Gasteiger partial charge in [-0.3, -0.25) is 4.68 Å². The Labute approximate surface area is 136 Å². The molecule has 8 heteroatoms. The van der Waals surface area contributed by atoms with Gasteiger partial charge in [0.2, 0.25) is 0 Å². The van der Waals surface area contributed by atoms with Crippen LogP contribution in [0.25, 0.3) is 0 Å². The standard InChI is InChI=1S/C15H16ClF3N4/c1-22-13(2-5-21-22)10-3-6-23(7-4-10)14-12(16)8-11(9-20-14)15(17,18)19/h2,5,8-10H,3-4,6-7H2,1H3. The molecule has 0 atom stereocenters. The number of hydrogen-bond acceptors (Lipinski definition) is 3. The predicted octanol–water partition coefficient (Wildman–Crippen LogP) is 3.87. The van der Waals surface area contributed by atoms with Crippen LogP contribution in [0.5, 0.6) is 0 Å². The third-order valence-corrected chi connectivity index (χ3v) is 4.50. The van der Waals surface area contributed by atoms with E-state index in [1.54, 1.807) is 6.20 Å². The van der Waals surface area contributed by atoms with Gasteiger partial charge < -0.3 is 4.90 Å². The zero-order valence-electron chi connectivity index (χ0n) is 12.5. The topological polar surface area (TPSA) is 34.0 Å². The Morgan fingerprint density at radius 1 is 1.26 bits per heavy atom. The summed E-state index contributed by atoms with van der Waals surface area (Å²) in [5, 5.41) is 4.22. The average molecular weight is 345 g/mol. The lowest BCUT2D eigenvalue weighted by atomic mass is 9.93. The molecular formula is C15H16ClF3N4. The van der Waals surface area contributed by atoms with Gasteiger partial charge in [0.05, 0.1) is 10.6 Å². The van der Waals surface area contributed by atoms with Crippen LogP contribution in [-0.2, 0) is 13.2 Å². The quantitative estimate of drug-likeness (QED) is 0.829. The first-order valence-electron chi connectivity index (χ1n) is 7.32. The maximum atomic E-state index is 12.7. The number of piperidine rings is 1. The molecule has 0 bridgehead atoms. The number of alkyl halides is 3. The number of aryl methyl sites for hydroxylation is 1. The fourth-order valence-electron chi connectivity index (χ4n) is 2.99. The van der Waals surface area contributed by atoms with Crippen LogP contribution < -0.4 is 4.90 Å². The zero-order valence-corrected chi connectivity index (χ0v) is 13.3. The number of nitrogens with zero attached hydrogens (tertiary/aromatic N) is 4. The highest BCUT2D eigenvalue weighted by atomic mass is 35.5. The second-order valence-corrected chi connectivity index (χ2v) is 6.08. The Morgan fingerprint density at radius 2 is 1.96 bits per heavy atom. The van der Waals surface area contributed by atoms with Gasteiger partial charge in [-0.05, 0) is 25.0 Å². The van der Waals surface area contributed by atoms with E-state index in [1.807, 2.05) is 22.7 Å². The highest BCUT2D eigenvalue weighted by Crippen LogP contribution is 2.35. The van der Waals surface area contributed by atoms with Crippen LogP contribution in [0.1, 0.15) is 30.0 Å². The van der Waals surface area contributed by atoms with Crippen molar-refractivity contribution in [1.82, 2.24) is 14.8 Å². The Morgan fingerprint density at radius 3 is 2.48 bits per heavy atom. The van der Waals surface area contributed by atoms with E-state index in [1.165, 1.54) is 5.69 Å². The van der Waals surface area contributed by atoms with E-state index < -0.39 is 11.7 Å². The van der Waals surface area contributed by atoms with E-state index in [-0.39, 0.29) is 5.02 Å². The molecular weight excluding hydrogens is 329 g/mol. The van der Waals surface area contributed by atoms with Gasteiger partial charge in [-0.1, -0.05) is 11.6 Å². The molecule has 2 aromatic rings. The van der Waals surface area contributed by atoms with Gasteiger partial charge >= 0.3 is 6.18 Å². The van der Waals surface area contributed by atoms with Crippen LogP contribution in [0.4, 0.5) is 19.0 Å². The fraction of sp³-hybridized carbons (Fsp3) is 0.467. The molecule has 1 saturated heterocycles. The normalized spacial score (nSPS) is 16.8. The highest BCUT2D eigenvalue weighted by Gasteiger charge is 2.32. The number of hydrogen-bond donors (Lipinski definition) is 0. The monoisotopic (exact) mass is 344 g/mol. The Balaban J connectivity index is 1.72. The Bertz CT molecular complexity index is 690. The van der Waals surface area contributed by atoms with Crippen molar-refractivity contribution in [1.29, 1.82) is 0 Å². The summed E-state index contributed by atoms with van der Waals surface area (Å²) in [4.78, 5) is 5.87. The molecule has 0 aromatic carbocycles. The summed E-state index contributed by atoms with van der Waals surface area (Å²) in [6.45, 7) is 1.40. The van der Waals surface area contributed by atoms with Gasteiger partial charge in [0.25, 0.3) is 0 Å². The van der Waals surface area contributed by atoms with E-state index >= 15 is 0 Å². The lowest BCUT2D eigenvalue weighted by Gasteiger charge is -2.33. The van der Waals surface area contributed by atoms with Crippen molar-refractivity contribution in [3.05, 3.63) is 40.8 Å². The van der Waals surface area contributed by atoms with Crippen molar-refractivity contribution in [2.45, 2.75) is 24.9 Å². The molecule has 0 unspecified atom stereocenters. The third kappa shape index (κ3) is 3.29. The molecule has 4 nitrogen and oxygen atoms in total. The van der Waals surface area contributed by atoms with Crippen LogP contribution in [0.2, 0.25) is 5.02 Å². The molecule has 124 valence electrons. The van der Waals surface area contributed by atoms with E-state index in [2.05, 4.69) is 10.1 Å². The number of pyridine rings is 1. The number of anilines is 1. The number of rotatable bonds is 2. The van der Waals surface area contributed by atoms with E-state index in [0.717, 1.165) is 25.1 Å². The number of halogens is 4. The summed E-state index contributed by atoms with van der Waals surface area (Å²) < 4.78 is 39.9. The van der Waals surface area contributed by atoms with Crippen molar-refractivity contribution in [3.8, 4) is 0 Å². The Hall–Kier alpha value is -1.76. The van der Waals surface area contributed by atoms with Gasteiger partial charge in [-0.25, -0.2) is 4.98 Å². The summed E-state index contributed by atoms with van der Waals surface area (Å²) in [7, 11) is 1.91. The molecule has 0 aliphatic carbocycles. The lowest BCUT2D eigenvalue weighted by Crippen LogP contribution is -2.34. The molecule has 3 heterocycles. The van der Waals surface area contributed by atoms with E-state index in [0.29, 0.717) is 24.8 Å². The molecule has 23 heavy (non-hydrogen) atoms. The molecule has 1 fully saturated rings. The first-order chi connectivity index (χ1) is 10.9. The van der Waals surface area contributed by atoms with Crippen molar-refractivity contribution in [2.75, 3.05) is 18.0 Å². The number of aromatic nitrogens is 3. The summed E-state index contributed by atoms with van der Waals surface area (Å²) in [6.07, 6.45) is -0.0385. The summed E-state index contributed by atoms with van der Waals surface area (Å²) >= 11 is 6.01. The molecule has 0 spiro atoms. The van der Waals surface area contributed by atoms with Gasteiger partial charge in [-0.2, -0.15) is 18.3 Å².